The Bertz CT molecular complexity index is 344. The number of hydrazine groups is 1. The zero-order chi connectivity index (χ0) is 12.9. The first kappa shape index (κ1) is 14.6. The van der Waals surface area contributed by atoms with Crippen molar-refractivity contribution in [3.05, 3.63) is 29.8 Å². The van der Waals surface area contributed by atoms with E-state index in [2.05, 4.69) is 56.7 Å². The molecule has 0 heterocycles. The lowest BCUT2D eigenvalue weighted by molar-refractivity contribution is 0.332. The third kappa shape index (κ3) is 4.70. The van der Waals surface area contributed by atoms with E-state index in [1.54, 1.807) is 11.8 Å². The van der Waals surface area contributed by atoms with Gasteiger partial charge in [0.15, 0.2) is 0 Å². The number of nitrogens with two attached hydrogens (primary N) is 1. The van der Waals surface area contributed by atoms with Gasteiger partial charge in [-0.1, -0.05) is 39.0 Å². The summed E-state index contributed by atoms with van der Waals surface area (Å²) in [7, 11) is 0. The summed E-state index contributed by atoms with van der Waals surface area (Å²) in [5.74, 6) is 5.70. The van der Waals surface area contributed by atoms with Crippen molar-refractivity contribution in [2.45, 2.75) is 44.6 Å². The van der Waals surface area contributed by atoms with Crippen molar-refractivity contribution < 1.29 is 0 Å². The highest BCUT2D eigenvalue weighted by atomic mass is 32.2. The molecular weight excluding hydrogens is 228 g/mol. The van der Waals surface area contributed by atoms with Gasteiger partial charge >= 0.3 is 0 Å². The summed E-state index contributed by atoms with van der Waals surface area (Å²) < 4.78 is 0. The molecule has 0 aliphatic carbocycles. The maximum atomic E-state index is 5.70. The predicted octanol–water partition coefficient (Wildman–Crippen LogP) is 3.74. The molecule has 0 saturated heterocycles. The van der Waals surface area contributed by atoms with Crippen molar-refractivity contribution in [2.24, 2.45) is 11.3 Å². The molecule has 0 aliphatic heterocycles. The molecule has 96 valence electrons. The van der Waals surface area contributed by atoms with Crippen LogP contribution in [-0.2, 0) is 0 Å². The minimum Gasteiger partial charge on any atom is -0.271 e. The van der Waals surface area contributed by atoms with Gasteiger partial charge in [0.1, 0.15) is 0 Å². The quantitative estimate of drug-likeness (QED) is 0.476. The second kappa shape index (κ2) is 6.43. The molecule has 2 nitrogen and oxygen atoms in total. The molecule has 0 radical (unpaired) electrons. The maximum absolute atomic E-state index is 5.70. The summed E-state index contributed by atoms with van der Waals surface area (Å²) in [6.07, 6.45) is 4.33. The first-order valence-electron chi connectivity index (χ1n) is 6.07. The van der Waals surface area contributed by atoms with Crippen LogP contribution < -0.4 is 11.3 Å². The zero-order valence-corrected chi connectivity index (χ0v) is 12.1. The van der Waals surface area contributed by atoms with Gasteiger partial charge in [0.25, 0.3) is 0 Å². The van der Waals surface area contributed by atoms with Crippen LogP contribution in [0.25, 0.3) is 0 Å². The van der Waals surface area contributed by atoms with Crippen molar-refractivity contribution >= 4 is 11.8 Å². The first-order chi connectivity index (χ1) is 7.98. The second-order valence-electron chi connectivity index (χ2n) is 5.56. The van der Waals surface area contributed by atoms with Crippen molar-refractivity contribution in [1.82, 2.24) is 5.43 Å². The van der Waals surface area contributed by atoms with Crippen LogP contribution in [0.4, 0.5) is 0 Å². The van der Waals surface area contributed by atoms with E-state index >= 15 is 0 Å². The van der Waals surface area contributed by atoms with Gasteiger partial charge in [-0.2, -0.15) is 0 Å². The largest absolute Gasteiger partial charge is 0.271 e. The minimum absolute atomic E-state index is 0.248. The van der Waals surface area contributed by atoms with Gasteiger partial charge in [-0.3, -0.25) is 11.3 Å². The average Bonchev–Trinajstić information content (AvgIpc) is 2.29. The number of hydrogen-bond donors (Lipinski definition) is 2. The maximum Gasteiger partial charge on any atom is 0.0471 e. The number of thioether (sulfide) groups is 1. The number of rotatable bonds is 5. The monoisotopic (exact) mass is 252 g/mol. The van der Waals surface area contributed by atoms with Crippen molar-refractivity contribution in [3.8, 4) is 0 Å². The Labute approximate surface area is 109 Å². The van der Waals surface area contributed by atoms with Crippen LogP contribution in [0.15, 0.2) is 29.2 Å². The van der Waals surface area contributed by atoms with E-state index < -0.39 is 0 Å². The molecule has 1 unspecified atom stereocenters. The smallest absolute Gasteiger partial charge is 0.0471 e. The highest BCUT2D eigenvalue weighted by molar-refractivity contribution is 7.98. The van der Waals surface area contributed by atoms with Crippen LogP contribution >= 0.6 is 11.8 Å². The highest BCUT2D eigenvalue weighted by Gasteiger charge is 2.17. The van der Waals surface area contributed by atoms with Crippen LogP contribution in [0.5, 0.6) is 0 Å². The van der Waals surface area contributed by atoms with Crippen molar-refractivity contribution in [1.29, 1.82) is 0 Å². The predicted molar refractivity (Wildman–Crippen MR) is 77.0 cm³/mol. The Balaban J connectivity index is 2.79. The molecule has 1 aromatic rings. The van der Waals surface area contributed by atoms with E-state index in [4.69, 9.17) is 5.84 Å². The summed E-state index contributed by atoms with van der Waals surface area (Å²) in [4.78, 5) is 1.31. The van der Waals surface area contributed by atoms with Gasteiger partial charge in [-0.25, -0.2) is 0 Å². The molecule has 0 bridgehead atoms. The molecule has 1 rings (SSSR count). The topological polar surface area (TPSA) is 38.0 Å². The van der Waals surface area contributed by atoms with Crippen LogP contribution in [0.2, 0.25) is 0 Å². The fraction of sp³-hybridized carbons (Fsp3) is 0.571. The Hall–Kier alpha value is -0.510. The van der Waals surface area contributed by atoms with E-state index in [1.165, 1.54) is 10.5 Å². The fourth-order valence-corrected chi connectivity index (χ4v) is 2.52. The lowest BCUT2D eigenvalue weighted by atomic mass is 9.87. The molecule has 0 saturated carbocycles. The molecule has 1 atom stereocenters. The highest BCUT2D eigenvalue weighted by Crippen LogP contribution is 2.31. The molecule has 0 fully saturated rings. The van der Waals surface area contributed by atoms with Crippen LogP contribution in [0.1, 0.15) is 45.2 Å². The lowest BCUT2D eigenvalue weighted by Gasteiger charge is -2.24. The van der Waals surface area contributed by atoms with Gasteiger partial charge in [-0.15, -0.1) is 11.8 Å². The van der Waals surface area contributed by atoms with Gasteiger partial charge in [0, 0.05) is 10.9 Å². The fourth-order valence-electron chi connectivity index (χ4n) is 1.86. The standard InChI is InChI=1S/C14H24N2S/c1-14(2,3)10-9-12(16-15)11-7-5-6-8-13(11)17-4/h5-8,12,16H,9-10,15H2,1-4H3. The van der Waals surface area contributed by atoms with E-state index in [-0.39, 0.29) is 6.04 Å². The third-order valence-corrected chi connectivity index (χ3v) is 3.71. The third-order valence-electron chi connectivity index (χ3n) is 2.90. The molecule has 0 amide bonds. The molecule has 3 N–H and O–H groups in total. The summed E-state index contributed by atoms with van der Waals surface area (Å²) in [5, 5.41) is 0. The second-order valence-corrected chi connectivity index (χ2v) is 6.41. The number of nitrogens with one attached hydrogen (secondary N) is 1. The lowest BCUT2D eigenvalue weighted by Crippen LogP contribution is -2.29. The van der Waals surface area contributed by atoms with E-state index in [0.29, 0.717) is 5.41 Å². The Morgan fingerprint density at radius 3 is 2.47 bits per heavy atom. The molecule has 17 heavy (non-hydrogen) atoms. The molecule has 0 aromatic heterocycles. The summed E-state index contributed by atoms with van der Waals surface area (Å²) in [5.41, 5.74) is 4.61. The summed E-state index contributed by atoms with van der Waals surface area (Å²) in [6, 6.07) is 8.72. The van der Waals surface area contributed by atoms with Crippen molar-refractivity contribution in [2.75, 3.05) is 6.26 Å². The van der Waals surface area contributed by atoms with E-state index in [0.717, 1.165) is 12.8 Å². The van der Waals surface area contributed by atoms with Crippen molar-refractivity contribution in [3.63, 3.8) is 0 Å². The zero-order valence-electron chi connectivity index (χ0n) is 11.3. The Kier molecular flexibility index (Phi) is 5.50. The Morgan fingerprint density at radius 1 is 1.29 bits per heavy atom. The minimum atomic E-state index is 0.248. The van der Waals surface area contributed by atoms with Crippen LogP contribution in [-0.4, -0.2) is 6.26 Å². The molecule has 3 heteroatoms. The number of hydrogen-bond acceptors (Lipinski definition) is 3. The molecular formula is C14H24N2S. The Morgan fingerprint density at radius 2 is 1.94 bits per heavy atom. The SMILES string of the molecule is CSc1ccccc1C(CCC(C)(C)C)NN. The van der Waals surface area contributed by atoms with Crippen LogP contribution in [0, 0.1) is 5.41 Å². The number of benzene rings is 1. The van der Waals surface area contributed by atoms with Gasteiger partial charge in [0.2, 0.25) is 0 Å². The van der Waals surface area contributed by atoms with E-state index in [9.17, 15) is 0 Å². The normalized spacial score (nSPS) is 13.7. The van der Waals surface area contributed by atoms with Crippen LogP contribution in [0.3, 0.4) is 0 Å². The van der Waals surface area contributed by atoms with E-state index in [1.807, 2.05) is 0 Å². The van der Waals surface area contributed by atoms with Gasteiger partial charge < -0.3 is 0 Å². The van der Waals surface area contributed by atoms with Gasteiger partial charge in [-0.05, 0) is 36.1 Å². The molecule has 1 aromatic carbocycles. The molecule has 0 aliphatic rings. The molecule has 0 spiro atoms. The summed E-state index contributed by atoms with van der Waals surface area (Å²) >= 11 is 1.78. The first-order valence-corrected chi connectivity index (χ1v) is 7.29. The average molecular weight is 252 g/mol. The summed E-state index contributed by atoms with van der Waals surface area (Å²) in [6.45, 7) is 6.79. The van der Waals surface area contributed by atoms with Gasteiger partial charge in [0.05, 0.1) is 0 Å².